The number of nitrogens with two attached hydrogens (primary N) is 1. The van der Waals surface area contributed by atoms with Crippen molar-refractivity contribution >= 4 is 62.5 Å². The fourth-order valence-electron chi connectivity index (χ4n) is 8.11. The zero-order chi connectivity index (χ0) is 41.4. The summed E-state index contributed by atoms with van der Waals surface area (Å²) in [5.74, 6) is -1.90. The third kappa shape index (κ3) is 9.58. The topological polar surface area (TPSA) is 179 Å². The molecule has 58 heavy (non-hydrogen) atoms. The number of para-hydroxylation sites is 1. The highest BCUT2D eigenvalue weighted by Crippen LogP contribution is 2.47. The third-order valence-electron chi connectivity index (χ3n) is 11.6. The van der Waals surface area contributed by atoms with E-state index in [1.807, 2.05) is 50.5 Å². The molecule has 1 aromatic carbocycles. The smallest absolute Gasteiger partial charge is 0.297 e. The van der Waals surface area contributed by atoms with Gasteiger partial charge in [-0.25, -0.2) is 13.4 Å². The highest BCUT2D eigenvalue weighted by atomic mass is 35.5. The second kappa shape index (κ2) is 18.0. The fraction of sp³-hybridized carbons (Fsp3) is 0.643. The lowest BCUT2D eigenvalue weighted by Crippen LogP contribution is -2.58. The largest absolute Gasteiger partial charge is 0.459 e. The number of hydrogen-bond acceptors (Lipinski definition) is 10. The maximum Gasteiger partial charge on any atom is 0.297 e. The molecule has 5 atom stereocenters. The maximum absolute atomic E-state index is 14.4. The summed E-state index contributed by atoms with van der Waals surface area (Å²) in [7, 11) is -3.95. The van der Waals surface area contributed by atoms with Crippen molar-refractivity contribution in [2.24, 2.45) is 17.1 Å². The number of benzene rings is 1. The molecule has 0 radical (unpaired) electrons. The number of nitrogens with one attached hydrogen (secondary N) is 2. The van der Waals surface area contributed by atoms with Crippen molar-refractivity contribution in [3.63, 3.8) is 0 Å². The van der Waals surface area contributed by atoms with Gasteiger partial charge in [0, 0.05) is 22.9 Å². The van der Waals surface area contributed by atoms with Crippen LogP contribution in [0.5, 0.6) is 6.01 Å². The third-order valence-corrected chi connectivity index (χ3v) is 14.1. The second-order valence-corrected chi connectivity index (χ2v) is 20.6. The van der Waals surface area contributed by atoms with Gasteiger partial charge in [0.2, 0.25) is 21.8 Å². The van der Waals surface area contributed by atoms with Gasteiger partial charge in [0.05, 0.1) is 29.6 Å². The van der Waals surface area contributed by atoms with Crippen LogP contribution >= 0.6 is 23.7 Å². The van der Waals surface area contributed by atoms with Crippen LogP contribution in [0, 0.1) is 11.3 Å². The number of carbonyl (C=O) groups is 3. The molecule has 3 amide bonds. The minimum absolute atomic E-state index is 0. The van der Waals surface area contributed by atoms with Crippen LogP contribution in [0.15, 0.2) is 30.4 Å². The number of imidazole rings is 1. The molecule has 1 saturated carbocycles. The number of ether oxygens (including phenoxy) is 1. The molecule has 3 aliphatic rings. The van der Waals surface area contributed by atoms with Crippen LogP contribution in [0.1, 0.15) is 129 Å². The molecule has 1 spiro atoms. The van der Waals surface area contributed by atoms with Crippen LogP contribution in [-0.4, -0.2) is 81.6 Å². The summed E-state index contributed by atoms with van der Waals surface area (Å²) < 4.78 is 37.3. The van der Waals surface area contributed by atoms with E-state index in [2.05, 4.69) is 49.9 Å². The zero-order valence-electron chi connectivity index (χ0n) is 35.2. The van der Waals surface area contributed by atoms with Crippen molar-refractivity contribution < 1.29 is 27.5 Å². The number of aryl methyl sites for hydroxylation is 1. The lowest BCUT2D eigenvalue weighted by atomic mass is 9.86. The fourth-order valence-corrected chi connectivity index (χ4v) is 10.5. The van der Waals surface area contributed by atoms with Gasteiger partial charge in [0.15, 0.2) is 0 Å². The Hall–Kier alpha value is -3.53. The Kier molecular flexibility index (Phi) is 14.1. The number of amides is 3. The van der Waals surface area contributed by atoms with Crippen molar-refractivity contribution in [3.05, 3.63) is 40.9 Å². The number of thiazole rings is 1. The molecular formula is C42H62ClN7O6S2. The Morgan fingerprint density at radius 2 is 1.81 bits per heavy atom. The monoisotopic (exact) mass is 859 g/mol. The van der Waals surface area contributed by atoms with E-state index >= 15 is 0 Å². The molecular weight excluding hydrogens is 798 g/mol. The summed E-state index contributed by atoms with van der Waals surface area (Å²) in [5.41, 5.74) is 8.16. The molecule has 2 aromatic heterocycles. The van der Waals surface area contributed by atoms with E-state index in [0.29, 0.717) is 31.7 Å². The molecule has 6 bridgehead atoms. The molecule has 0 unspecified atom stereocenters. The van der Waals surface area contributed by atoms with Crippen molar-refractivity contribution in [3.8, 4) is 16.6 Å². The molecule has 4 N–H and O–H groups in total. The zero-order valence-corrected chi connectivity index (χ0v) is 37.6. The standard InChI is InChI=1S/C42H61N7O6S2.ClH/c1-9-27-23-42(27)39(52)47-57(53,54)21-16-14-12-10-11-13-15-20-32-33(25(2)3)44-37(56-32)29-18-17-19-30-34(29)45-40(49(30)26(4)5)55-28-22-31(36(50)46-42)48(24-28)38(51)35(43)41(6,7)8;/h11,13,17-19,25-28,31,35H,9-10,12,14-16,20-24,43H2,1-8H3,(H,46,50)(H,47,52);1H/b13-11+;/t27-,28-,31+,35-,42-;/m1./s1. The summed E-state index contributed by atoms with van der Waals surface area (Å²) in [6.07, 6.45) is 9.17. The van der Waals surface area contributed by atoms with Crippen LogP contribution < -0.4 is 20.5 Å². The highest BCUT2D eigenvalue weighted by Gasteiger charge is 2.61. The van der Waals surface area contributed by atoms with E-state index in [1.165, 1.54) is 9.78 Å². The molecule has 13 nitrogen and oxygen atoms in total. The summed E-state index contributed by atoms with van der Waals surface area (Å²) in [4.78, 5) is 55.1. The summed E-state index contributed by atoms with van der Waals surface area (Å²) in [6.45, 7) is 16.0. The van der Waals surface area contributed by atoms with E-state index in [4.69, 9.17) is 20.4 Å². The van der Waals surface area contributed by atoms with Gasteiger partial charge >= 0.3 is 0 Å². The van der Waals surface area contributed by atoms with Crippen LogP contribution in [0.4, 0.5) is 0 Å². The SMILES string of the molecule is CC[C@@H]1C[C@@]12NC(=O)[C@@H]1C[C@H](CN1C(=O)[C@@H](N)C(C)(C)C)Oc1nc3c(cccc3n1C(C)C)-c1nc(C(C)C)c(s1)CC/C=C/CCCCCS(=O)(=O)NC2=O.Cl. The molecule has 320 valence electrons. The van der Waals surface area contributed by atoms with E-state index in [-0.39, 0.29) is 49.0 Å². The molecule has 3 aromatic rings. The van der Waals surface area contributed by atoms with Gasteiger partial charge in [-0.05, 0) is 81.8 Å². The number of fused-ring (bicyclic) bond motifs is 6. The summed E-state index contributed by atoms with van der Waals surface area (Å²) in [6, 6.07) is 4.48. The van der Waals surface area contributed by atoms with Gasteiger partial charge in [-0.2, -0.15) is 4.98 Å². The minimum Gasteiger partial charge on any atom is -0.459 e. The number of aromatic nitrogens is 3. The predicted octanol–water partition coefficient (Wildman–Crippen LogP) is 6.80. The van der Waals surface area contributed by atoms with E-state index in [0.717, 1.165) is 53.0 Å². The van der Waals surface area contributed by atoms with Gasteiger partial charge in [0.25, 0.3) is 11.9 Å². The number of sulfonamides is 1. The first-order valence-electron chi connectivity index (χ1n) is 20.6. The predicted molar refractivity (Wildman–Crippen MR) is 232 cm³/mol. The first-order valence-corrected chi connectivity index (χ1v) is 23.1. The van der Waals surface area contributed by atoms with Crippen LogP contribution in [0.2, 0.25) is 0 Å². The van der Waals surface area contributed by atoms with Gasteiger partial charge in [-0.15, -0.1) is 23.7 Å². The molecule has 4 heterocycles. The number of allylic oxidation sites excluding steroid dienone is 2. The lowest BCUT2D eigenvalue weighted by molar-refractivity contribution is -0.142. The number of nitrogens with zero attached hydrogens (tertiary/aromatic N) is 4. The van der Waals surface area contributed by atoms with Crippen molar-refractivity contribution in [1.82, 2.24) is 29.5 Å². The number of carbonyl (C=O) groups excluding carboxylic acids is 3. The van der Waals surface area contributed by atoms with Gasteiger partial charge in [0.1, 0.15) is 28.2 Å². The van der Waals surface area contributed by atoms with Crippen LogP contribution in [-0.2, 0) is 30.8 Å². The lowest BCUT2D eigenvalue weighted by Gasteiger charge is -2.33. The second-order valence-electron chi connectivity index (χ2n) is 17.7. The van der Waals surface area contributed by atoms with E-state index in [1.54, 1.807) is 11.3 Å². The highest BCUT2D eigenvalue weighted by molar-refractivity contribution is 7.90. The Balaban J connectivity index is 0.00000641. The minimum atomic E-state index is -3.95. The Morgan fingerprint density at radius 3 is 2.47 bits per heavy atom. The first-order chi connectivity index (χ1) is 26.9. The summed E-state index contributed by atoms with van der Waals surface area (Å²) in [5, 5.41) is 3.82. The van der Waals surface area contributed by atoms with Crippen molar-refractivity contribution in [2.75, 3.05) is 12.3 Å². The Morgan fingerprint density at radius 1 is 1.09 bits per heavy atom. The first kappa shape index (κ1) is 45.6. The molecule has 2 aliphatic heterocycles. The Labute approximate surface area is 353 Å². The quantitative estimate of drug-likeness (QED) is 0.238. The normalized spacial score (nSPS) is 25.6. The summed E-state index contributed by atoms with van der Waals surface area (Å²) >= 11 is 1.70. The van der Waals surface area contributed by atoms with Gasteiger partial charge < -0.3 is 20.7 Å². The van der Waals surface area contributed by atoms with Crippen LogP contribution in [0.3, 0.4) is 0 Å². The van der Waals surface area contributed by atoms with Crippen molar-refractivity contribution in [1.29, 1.82) is 0 Å². The van der Waals surface area contributed by atoms with Gasteiger partial charge in [-0.3, -0.25) is 23.7 Å². The maximum atomic E-state index is 14.4. The van der Waals surface area contributed by atoms with Crippen LogP contribution in [0.25, 0.3) is 21.6 Å². The number of halogens is 1. The van der Waals surface area contributed by atoms with E-state index < -0.39 is 56.9 Å². The van der Waals surface area contributed by atoms with Crippen molar-refractivity contribution in [2.45, 2.75) is 149 Å². The molecule has 6 rings (SSSR count). The van der Waals surface area contributed by atoms with E-state index in [9.17, 15) is 22.8 Å². The molecule has 16 heteroatoms. The number of rotatable bonds is 4. The average Bonchev–Trinajstić information content (AvgIpc) is 3.42. The molecule has 1 aliphatic carbocycles. The number of likely N-dealkylation sites (tertiary alicyclic amines) is 1. The Bertz CT molecular complexity index is 2120. The molecule has 2 fully saturated rings. The number of hydrogen-bond donors (Lipinski definition) is 3. The average molecular weight is 861 g/mol. The molecule has 1 saturated heterocycles. The van der Waals surface area contributed by atoms with Gasteiger partial charge in [-0.1, -0.05) is 72.6 Å².